The molecule has 3 rings (SSSR count). The number of nitrogens with zero attached hydrogens (tertiary/aromatic N) is 1. The summed E-state index contributed by atoms with van der Waals surface area (Å²) in [4.78, 5) is 4.58. The molecule has 0 radical (unpaired) electrons. The number of hydrogen-bond acceptors (Lipinski definition) is 4. The zero-order valence-corrected chi connectivity index (χ0v) is 13.3. The van der Waals surface area contributed by atoms with E-state index in [9.17, 15) is 0 Å². The fraction of sp³-hybridized carbons (Fsp3) is 0.389. The number of nitrogens with one attached hydrogen (secondary N) is 1. The molecule has 1 unspecified atom stereocenters. The second kappa shape index (κ2) is 6.36. The van der Waals surface area contributed by atoms with Gasteiger partial charge in [0.05, 0.1) is 25.5 Å². The fourth-order valence-corrected chi connectivity index (χ4v) is 2.98. The van der Waals surface area contributed by atoms with Crippen molar-refractivity contribution in [3.05, 3.63) is 52.8 Å². The van der Waals surface area contributed by atoms with Crippen LogP contribution in [0.5, 0.6) is 11.5 Å². The molecular formula is C18H22N2O2. The molecule has 2 aromatic rings. The Morgan fingerprint density at radius 2 is 2.14 bits per heavy atom. The van der Waals surface area contributed by atoms with E-state index in [1.54, 1.807) is 7.11 Å². The minimum Gasteiger partial charge on any atom is -0.493 e. The largest absolute Gasteiger partial charge is 0.493 e. The zero-order valence-electron chi connectivity index (χ0n) is 13.3. The van der Waals surface area contributed by atoms with E-state index in [2.05, 4.69) is 35.4 Å². The summed E-state index contributed by atoms with van der Waals surface area (Å²) in [6.07, 6.45) is 2.85. The van der Waals surface area contributed by atoms with Gasteiger partial charge in [-0.2, -0.15) is 0 Å². The van der Waals surface area contributed by atoms with Crippen molar-refractivity contribution in [3.63, 3.8) is 0 Å². The van der Waals surface area contributed by atoms with Gasteiger partial charge in [0.25, 0.3) is 0 Å². The van der Waals surface area contributed by atoms with Crippen molar-refractivity contribution in [2.24, 2.45) is 0 Å². The first-order valence-electron chi connectivity index (χ1n) is 7.73. The molecule has 116 valence electrons. The number of hydrogen-bond donors (Lipinski definition) is 1. The molecule has 1 aromatic carbocycles. The first kappa shape index (κ1) is 14.9. The van der Waals surface area contributed by atoms with Gasteiger partial charge < -0.3 is 14.8 Å². The number of ether oxygens (including phenoxy) is 2. The normalized spacial score (nSPS) is 17.0. The van der Waals surface area contributed by atoms with Gasteiger partial charge in [-0.15, -0.1) is 0 Å². The average molecular weight is 298 g/mol. The summed E-state index contributed by atoms with van der Waals surface area (Å²) >= 11 is 0. The third-order valence-corrected chi connectivity index (χ3v) is 4.03. The third kappa shape index (κ3) is 2.66. The molecule has 1 N–H and O–H groups in total. The molecule has 4 heteroatoms. The Labute approximate surface area is 131 Å². The topological polar surface area (TPSA) is 43.4 Å². The average Bonchev–Trinajstić information content (AvgIpc) is 2.55. The third-order valence-electron chi connectivity index (χ3n) is 4.03. The summed E-state index contributed by atoms with van der Waals surface area (Å²) in [6, 6.07) is 8.40. The van der Waals surface area contributed by atoms with Crippen molar-refractivity contribution in [1.82, 2.24) is 10.3 Å². The van der Waals surface area contributed by atoms with Crippen molar-refractivity contribution in [2.75, 3.05) is 20.3 Å². The highest BCUT2D eigenvalue weighted by molar-refractivity contribution is 5.54. The highest BCUT2D eigenvalue weighted by Crippen LogP contribution is 2.39. The van der Waals surface area contributed by atoms with Crippen LogP contribution in [0.4, 0.5) is 0 Å². The van der Waals surface area contributed by atoms with E-state index in [0.717, 1.165) is 30.2 Å². The first-order valence-corrected chi connectivity index (χ1v) is 7.73. The van der Waals surface area contributed by atoms with Gasteiger partial charge in [0.15, 0.2) is 11.5 Å². The maximum atomic E-state index is 5.86. The molecule has 1 aromatic heterocycles. The molecule has 1 atom stereocenters. The zero-order chi connectivity index (χ0) is 15.5. The highest BCUT2D eigenvalue weighted by atomic mass is 16.5. The van der Waals surface area contributed by atoms with Crippen LogP contribution in [-0.4, -0.2) is 25.2 Å². The van der Waals surface area contributed by atoms with Gasteiger partial charge in [-0.25, -0.2) is 0 Å². The summed E-state index contributed by atoms with van der Waals surface area (Å²) < 4.78 is 11.3. The second-order valence-corrected chi connectivity index (χ2v) is 5.50. The molecular weight excluding hydrogens is 276 g/mol. The van der Waals surface area contributed by atoms with Crippen molar-refractivity contribution in [2.45, 2.75) is 26.3 Å². The van der Waals surface area contributed by atoms with Gasteiger partial charge in [-0.1, -0.05) is 12.1 Å². The Balaban J connectivity index is 2.06. The summed E-state index contributed by atoms with van der Waals surface area (Å²) in [7, 11) is 1.68. The molecule has 0 aliphatic carbocycles. The van der Waals surface area contributed by atoms with E-state index in [-0.39, 0.29) is 6.04 Å². The van der Waals surface area contributed by atoms with Crippen molar-refractivity contribution >= 4 is 0 Å². The molecule has 0 bridgehead atoms. The van der Waals surface area contributed by atoms with Crippen LogP contribution < -0.4 is 14.8 Å². The fourth-order valence-electron chi connectivity index (χ4n) is 2.98. The van der Waals surface area contributed by atoms with Gasteiger partial charge in [-0.05, 0) is 43.5 Å². The van der Waals surface area contributed by atoms with Gasteiger partial charge in [0.1, 0.15) is 0 Å². The smallest absolute Gasteiger partial charge is 0.164 e. The van der Waals surface area contributed by atoms with E-state index in [4.69, 9.17) is 9.47 Å². The molecule has 2 heterocycles. The lowest BCUT2D eigenvalue weighted by Crippen LogP contribution is -2.31. The number of methoxy groups -OCH3 is 1. The van der Waals surface area contributed by atoms with Crippen molar-refractivity contribution < 1.29 is 9.47 Å². The quantitative estimate of drug-likeness (QED) is 0.942. The number of aryl methyl sites for hydroxylation is 1. The Bertz CT molecular complexity index is 653. The minimum absolute atomic E-state index is 0.106. The molecule has 1 aliphatic heterocycles. The lowest BCUT2D eigenvalue weighted by Gasteiger charge is -2.29. The molecule has 0 fully saturated rings. The highest BCUT2D eigenvalue weighted by Gasteiger charge is 2.26. The van der Waals surface area contributed by atoms with E-state index >= 15 is 0 Å². The van der Waals surface area contributed by atoms with Crippen LogP contribution in [0.3, 0.4) is 0 Å². The molecule has 4 nitrogen and oxygen atoms in total. The lowest BCUT2D eigenvalue weighted by atomic mass is 9.91. The predicted octanol–water partition coefficient (Wildman–Crippen LogP) is 3.03. The Morgan fingerprint density at radius 1 is 1.27 bits per heavy atom. The van der Waals surface area contributed by atoms with E-state index in [0.29, 0.717) is 6.61 Å². The van der Waals surface area contributed by atoms with Gasteiger partial charge in [0.2, 0.25) is 0 Å². The summed E-state index contributed by atoms with van der Waals surface area (Å²) in [6.45, 7) is 5.59. The number of rotatable bonds is 4. The van der Waals surface area contributed by atoms with Gasteiger partial charge in [0, 0.05) is 18.3 Å². The van der Waals surface area contributed by atoms with Crippen LogP contribution in [-0.2, 0) is 6.42 Å². The van der Waals surface area contributed by atoms with Crippen LogP contribution in [0.15, 0.2) is 30.5 Å². The number of aromatic nitrogens is 1. The van der Waals surface area contributed by atoms with Crippen molar-refractivity contribution in [1.29, 1.82) is 0 Å². The second-order valence-electron chi connectivity index (χ2n) is 5.50. The van der Waals surface area contributed by atoms with E-state index < -0.39 is 0 Å². The molecule has 0 amide bonds. The lowest BCUT2D eigenvalue weighted by molar-refractivity contribution is 0.305. The minimum atomic E-state index is 0.106. The van der Waals surface area contributed by atoms with Gasteiger partial charge >= 0.3 is 0 Å². The van der Waals surface area contributed by atoms with Crippen LogP contribution in [0.25, 0.3) is 0 Å². The van der Waals surface area contributed by atoms with Crippen LogP contribution in [0.1, 0.15) is 35.3 Å². The molecule has 0 saturated carbocycles. The Kier molecular flexibility index (Phi) is 4.29. The molecule has 0 saturated heterocycles. The Morgan fingerprint density at radius 3 is 2.82 bits per heavy atom. The number of pyridine rings is 1. The molecule has 22 heavy (non-hydrogen) atoms. The molecule has 0 spiro atoms. The van der Waals surface area contributed by atoms with Crippen molar-refractivity contribution in [3.8, 4) is 11.5 Å². The predicted molar refractivity (Wildman–Crippen MR) is 86.7 cm³/mol. The standard InChI is InChI=1S/C18H22N2O2/c1-4-22-18-14-9-10-19-17(13(14)6-8-16(18)21-3)15-7-5-12(2)11-20-15/h5-8,11,17,19H,4,9-10H2,1-3H3. The summed E-state index contributed by atoms with van der Waals surface area (Å²) in [5, 5.41) is 3.56. The van der Waals surface area contributed by atoms with Crippen LogP contribution >= 0.6 is 0 Å². The maximum absolute atomic E-state index is 5.86. The van der Waals surface area contributed by atoms with Crippen LogP contribution in [0.2, 0.25) is 0 Å². The van der Waals surface area contributed by atoms with Crippen LogP contribution in [0, 0.1) is 6.92 Å². The first-order chi connectivity index (χ1) is 10.7. The van der Waals surface area contributed by atoms with E-state index in [1.807, 2.05) is 19.2 Å². The summed E-state index contributed by atoms with van der Waals surface area (Å²) in [5.41, 5.74) is 4.67. The van der Waals surface area contributed by atoms with E-state index in [1.165, 1.54) is 16.7 Å². The number of fused-ring (bicyclic) bond motifs is 1. The molecule has 1 aliphatic rings. The summed E-state index contributed by atoms with van der Waals surface area (Å²) in [5.74, 6) is 1.68. The van der Waals surface area contributed by atoms with Gasteiger partial charge in [-0.3, -0.25) is 4.98 Å². The SMILES string of the molecule is CCOc1c(OC)ccc2c1CCNC2c1ccc(C)cn1. The maximum Gasteiger partial charge on any atom is 0.164 e. The number of benzene rings is 1. The Hall–Kier alpha value is -2.07. The monoisotopic (exact) mass is 298 g/mol.